The molecule has 0 radical (unpaired) electrons. The van der Waals surface area contributed by atoms with Crippen molar-refractivity contribution in [2.45, 2.75) is 51.5 Å². The second kappa shape index (κ2) is 7.92. The number of amides is 1. The Bertz CT molecular complexity index is 709. The van der Waals surface area contributed by atoms with Gasteiger partial charge in [0.15, 0.2) is 0 Å². The summed E-state index contributed by atoms with van der Waals surface area (Å²) in [6.07, 6.45) is 0.466. The summed E-state index contributed by atoms with van der Waals surface area (Å²) < 4.78 is 11.8. The SMILES string of the molecule is CC(C)(C)OC(=O)N1CCC(OCc2ccccc2)C1c1ccccc1. The molecule has 0 N–H and O–H groups in total. The maximum absolute atomic E-state index is 12.7. The van der Waals surface area contributed by atoms with E-state index in [-0.39, 0.29) is 18.2 Å². The van der Waals surface area contributed by atoms with Crippen molar-refractivity contribution in [1.82, 2.24) is 4.90 Å². The number of benzene rings is 2. The van der Waals surface area contributed by atoms with Gasteiger partial charge in [-0.15, -0.1) is 0 Å². The predicted octanol–water partition coefficient (Wildman–Crippen LogP) is 4.95. The number of ether oxygens (including phenoxy) is 2. The van der Waals surface area contributed by atoms with Crippen LogP contribution in [0, 0.1) is 0 Å². The van der Waals surface area contributed by atoms with E-state index in [0.717, 1.165) is 17.5 Å². The number of hydrogen-bond acceptors (Lipinski definition) is 3. The van der Waals surface area contributed by atoms with E-state index in [9.17, 15) is 4.79 Å². The lowest BCUT2D eigenvalue weighted by Gasteiger charge is -2.31. The van der Waals surface area contributed by atoms with Gasteiger partial charge in [-0.1, -0.05) is 60.7 Å². The minimum absolute atomic E-state index is 0.0508. The Morgan fingerprint density at radius 1 is 1.04 bits per heavy atom. The van der Waals surface area contributed by atoms with Gasteiger partial charge in [-0.2, -0.15) is 0 Å². The number of nitrogens with zero attached hydrogens (tertiary/aromatic N) is 1. The highest BCUT2D eigenvalue weighted by Gasteiger charge is 2.40. The third-order valence-corrected chi connectivity index (χ3v) is 4.42. The first-order valence-electron chi connectivity index (χ1n) is 9.14. The highest BCUT2D eigenvalue weighted by atomic mass is 16.6. The van der Waals surface area contributed by atoms with Gasteiger partial charge in [0, 0.05) is 6.54 Å². The summed E-state index contributed by atoms with van der Waals surface area (Å²) in [6, 6.07) is 20.1. The average molecular weight is 353 g/mol. The van der Waals surface area contributed by atoms with Crippen LogP contribution in [0.25, 0.3) is 0 Å². The maximum atomic E-state index is 12.7. The van der Waals surface area contributed by atoms with Crippen molar-refractivity contribution < 1.29 is 14.3 Å². The van der Waals surface area contributed by atoms with Crippen LogP contribution in [0.5, 0.6) is 0 Å². The predicted molar refractivity (Wildman–Crippen MR) is 102 cm³/mol. The summed E-state index contributed by atoms with van der Waals surface area (Å²) in [5, 5.41) is 0. The molecule has 4 heteroatoms. The van der Waals surface area contributed by atoms with Crippen molar-refractivity contribution in [2.24, 2.45) is 0 Å². The van der Waals surface area contributed by atoms with E-state index in [4.69, 9.17) is 9.47 Å². The normalized spacial score (nSPS) is 20.2. The van der Waals surface area contributed by atoms with Gasteiger partial charge in [0.05, 0.1) is 18.8 Å². The molecule has 1 fully saturated rings. The smallest absolute Gasteiger partial charge is 0.410 e. The Labute approximate surface area is 155 Å². The molecular weight excluding hydrogens is 326 g/mol. The fourth-order valence-corrected chi connectivity index (χ4v) is 3.29. The van der Waals surface area contributed by atoms with Crippen LogP contribution in [0.15, 0.2) is 60.7 Å². The number of carbonyl (C=O) groups is 1. The van der Waals surface area contributed by atoms with Gasteiger partial charge in [0.25, 0.3) is 0 Å². The second-order valence-corrected chi connectivity index (χ2v) is 7.65. The Kier molecular flexibility index (Phi) is 5.62. The number of hydrogen-bond donors (Lipinski definition) is 0. The van der Waals surface area contributed by atoms with Crippen molar-refractivity contribution in [3.8, 4) is 0 Å². The Morgan fingerprint density at radius 3 is 2.27 bits per heavy atom. The largest absolute Gasteiger partial charge is 0.444 e. The topological polar surface area (TPSA) is 38.8 Å². The molecule has 26 heavy (non-hydrogen) atoms. The van der Waals surface area contributed by atoms with Gasteiger partial charge in [-0.3, -0.25) is 4.90 Å². The molecule has 1 amide bonds. The molecule has 138 valence electrons. The molecule has 1 heterocycles. The van der Waals surface area contributed by atoms with Crippen LogP contribution in [0.3, 0.4) is 0 Å². The third kappa shape index (κ3) is 4.64. The van der Waals surface area contributed by atoms with E-state index in [1.807, 2.05) is 69.3 Å². The molecule has 1 aliphatic rings. The summed E-state index contributed by atoms with van der Waals surface area (Å²) in [5.41, 5.74) is 1.70. The first-order valence-corrected chi connectivity index (χ1v) is 9.14. The quantitative estimate of drug-likeness (QED) is 0.780. The first kappa shape index (κ1) is 18.5. The van der Waals surface area contributed by atoms with Gasteiger partial charge in [0.1, 0.15) is 5.60 Å². The van der Waals surface area contributed by atoms with E-state index >= 15 is 0 Å². The lowest BCUT2D eigenvalue weighted by molar-refractivity contribution is -0.00491. The van der Waals surface area contributed by atoms with E-state index in [2.05, 4.69) is 12.1 Å². The molecule has 0 saturated carbocycles. The van der Waals surface area contributed by atoms with Crippen LogP contribution in [0.2, 0.25) is 0 Å². The van der Waals surface area contributed by atoms with Gasteiger partial charge < -0.3 is 9.47 Å². The zero-order valence-electron chi connectivity index (χ0n) is 15.7. The Hall–Kier alpha value is -2.33. The van der Waals surface area contributed by atoms with E-state index < -0.39 is 5.60 Å². The van der Waals surface area contributed by atoms with Crippen LogP contribution >= 0.6 is 0 Å². The molecule has 3 rings (SSSR count). The fraction of sp³-hybridized carbons (Fsp3) is 0.409. The summed E-state index contributed by atoms with van der Waals surface area (Å²) >= 11 is 0. The standard InChI is InChI=1S/C22H27NO3/c1-22(2,3)26-21(24)23-15-14-19(20(23)18-12-8-5-9-13-18)25-16-17-10-6-4-7-11-17/h4-13,19-20H,14-16H2,1-3H3. The lowest BCUT2D eigenvalue weighted by atomic mass is 10.0. The van der Waals surface area contributed by atoms with E-state index in [1.54, 1.807) is 4.90 Å². The van der Waals surface area contributed by atoms with E-state index in [0.29, 0.717) is 13.2 Å². The van der Waals surface area contributed by atoms with Gasteiger partial charge in [-0.25, -0.2) is 4.79 Å². The van der Waals surface area contributed by atoms with E-state index in [1.165, 1.54) is 0 Å². The zero-order valence-corrected chi connectivity index (χ0v) is 15.7. The molecule has 2 unspecified atom stereocenters. The van der Waals surface area contributed by atoms with Crippen LogP contribution in [0.1, 0.15) is 44.4 Å². The zero-order chi connectivity index (χ0) is 18.6. The van der Waals surface area contributed by atoms with Gasteiger partial charge in [-0.05, 0) is 38.3 Å². The summed E-state index contributed by atoms with van der Waals surface area (Å²) in [7, 11) is 0. The fourth-order valence-electron chi connectivity index (χ4n) is 3.29. The molecule has 1 aliphatic heterocycles. The Balaban J connectivity index is 1.77. The number of carbonyl (C=O) groups excluding carboxylic acids is 1. The molecule has 0 aromatic heterocycles. The molecule has 2 atom stereocenters. The molecule has 0 bridgehead atoms. The monoisotopic (exact) mass is 353 g/mol. The third-order valence-electron chi connectivity index (χ3n) is 4.42. The molecule has 1 saturated heterocycles. The van der Waals surface area contributed by atoms with Crippen molar-refractivity contribution in [3.05, 3.63) is 71.8 Å². The first-order chi connectivity index (χ1) is 12.4. The van der Waals surface area contributed by atoms with Crippen molar-refractivity contribution in [2.75, 3.05) is 6.54 Å². The molecule has 2 aromatic rings. The minimum Gasteiger partial charge on any atom is -0.444 e. The van der Waals surface area contributed by atoms with Crippen LogP contribution in [0.4, 0.5) is 4.79 Å². The lowest BCUT2D eigenvalue weighted by Crippen LogP contribution is -2.38. The minimum atomic E-state index is -0.513. The summed E-state index contributed by atoms with van der Waals surface area (Å²) in [6.45, 7) is 6.84. The van der Waals surface area contributed by atoms with Gasteiger partial charge >= 0.3 is 6.09 Å². The molecule has 4 nitrogen and oxygen atoms in total. The molecular formula is C22H27NO3. The van der Waals surface area contributed by atoms with Crippen molar-refractivity contribution in [1.29, 1.82) is 0 Å². The maximum Gasteiger partial charge on any atom is 0.410 e. The second-order valence-electron chi connectivity index (χ2n) is 7.65. The Morgan fingerprint density at radius 2 is 1.65 bits per heavy atom. The summed E-state index contributed by atoms with van der Waals surface area (Å²) in [5.74, 6) is 0. The van der Waals surface area contributed by atoms with Gasteiger partial charge in [0.2, 0.25) is 0 Å². The van der Waals surface area contributed by atoms with Crippen LogP contribution in [-0.4, -0.2) is 29.2 Å². The van der Waals surface area contributed by atoms with Crippen molar-refractivity contribution >= 4 is 6.09 Å². The van der Waals surface area contributed by atoms with Crippen molar-refractivity contribution in [3.63, 3.8) is 0 Å². The molecule has 2 aromatic carbocycles. The highest BCUT2D eigenvalue weighted by Crippen LogP contribution is 2.36. The average Bonchev–Trinajstić information content (AvgIpc) is 3.04. The molecule has 0 spiro atoms. The van der Waals surface area contributed by atoms with Crippen LogP contribution in [-0.2, 0) is 16.1 Å². The highest BCUT2D eigenvalue weighted by molar-refractivity contribution is 5.69. The van der Waals surface area contributed by atoms with Crippen LogP contribution < -0.4 is 0 Å². The molecule has 0 aliphatic carbocycles. The number of rotatable bonds is 4. The number of likely N-dealkylation sites (tertiary alicyclic amines) is 1. The summed E-state index contributed by atoms with van der Waals surface area (Å²) in [4.78, 5) is 14.5.